The fourth-order valence-electron chi connectivity index (χ4n) is 2.08. The van der Waals surface area contributed by atoms with E-state index < -0.39 is 11.5 Å². The van der Waals surface area contributed by atoms with Crippen LogP contribution in [0.25, 0.3) is 5.78 Å². The van der Waals surface area contributed by atoms with Gasteiger partial charge in [-0.2, -0.15) is 0 Å². The maximum Gasteiger partial charge on any atom is 0.271 e. The van der Waals surface area contributed by atoms with Gasteiger partial charge in [0.25, 0.3) is 11.5 Å². The number of hydrogen-bond acceptors (Lipinski definition) is 5. The molecule has 0 saturated carbocycles. The number of hydrogen-bond donors (Lipinski definition) is 1. The van der Waals surface area contributed by atoms with E-state index in [0.29, 0.717) is 11.3 Å². The van der Waals surface area contributed by atoms with Gasteiger partial charge in [-0.3, -0.25) is 18.8 Å². The maximum atomic E-state index is 12.4. The standard InChI is InChI=1S/C16H11ClN4O3/c17-12-3-1-10(2-4-12)5-18-14(23)13-7-20-16-19-6-11(9-22)8-21(16)15(13)24/h1-4,6-9H,5H2,(H,18,23). The Balaban J connectivity index is 1.86. The zero-order valence-corrected chi connectivity index (χ0v) is 13.0. The van der Waals surface area contributed by atoms with E-state index in [1.807, 2.05) is 0 Å². The molecule has 120 valence electrons. The van der Waals surface area contributed by atoms with Gasteiger partial charge in [0.1, 0.15) is 5.56 Å². The van der Waals surface area contributed by atoms with Crippen LogP contribution in [0.4, 0.5) is 0 Å². The molecule has 8 heteroatoms. The molecule has 0 aliphatic heterocycles. The predicted octanol–water partition coefficient (Wildman–Crippen LogP) is 1.49. The van der Waals surface area contributed by atoms with Crippen molar-refractivity contribution in [1.82, 2.24) is 19.7 Å². The van der Waals surface area contributed by atoms with Crippen molar-refractivity contribution in [2.75, 3.05) is 0 Å². The van der Waals surface area contributed by atoms with Crippen molar-refractivity contribution in [3.8, 4) is 0 Å². The zero-order chi connectivity index (χ0) is 17.1. The van der Waals surface area contributed by atoms with E-state index in [1.54, 1.807) is 24.3 Å². The van der Waals surface area contributed by atoms with Crippen LogP contribution in [0.3, 0.4) is 0 Å². The van der Waals surface area contributed by atoms with E-state index in [0.717, 1.165) is 9.96 Å². The van der Waals surface area contributed by atoms with Crippen molar-refractivity contribution >= 4 is 29.6 Å². The Hall–Kier alpha value is -3.06. The molecule has 0 fully saturated rings. The van der Waals surface area contributed by atoms with Gasteiger partial charge in [0, 0.05) is 35.7 Å². The highest BCUT2D eigenvalue weighted by Crippen LogP contribution is 2.09. The number of carbonyl (C=O) groups is 2. The average Bonchev–Trinajstić information content (AvgIpc) is 2.61. The zero-order valence-electron chi connectivity index (χ0n) is 12.3. The Morgan fingerprint density at radius 1 is 1.21 bits per heavy atom. The topological polar surface area (TPSA) is 93.4 Å². The smallest absolute Gasteiger partial charge is 0.271 e. The van der Waals surface area contributed by atoms with Crippen LogP contribution in [0.5, 0.6) is 0 Å². The van der Waals surface area contributed by atoms with Crippen LogP contribution in [-0.2, 0) is 6.54 Å². The number of nitrogens with zero attached hydrogens (tertiary/aromatic N) is 3. The first-order valence-electron chi connectivity index (χ1n) is 6.94. The van der Waals surface area contributed by atoms with E-state index in [4.69, 9.17) is 11.6 Å². The normalized spacial score (nSPS) is 10.5. The van der Waals surface area contributed by atoms with E-state index in [-0.39, 0.29) is 23.4 Å². The number of aldehydes is 1. The Morgan fingerprint density at radius 3 is 2.62 bits per heavy atom. The largest absolute Gasteiger partial charge is 0.348 e. The molecule has 3 aromatic rings. The second-order valence-corrected chi connectivity index (χ2v) is 5.40. The molecule has 0 radical (unpaired) electrons. The Labute approximate surface area is 140 Å². The van der Waals surface area contributed by atoms with Crippen molar-refractivity contribution in [2.45, 2.75) is 6.54 Å². The summed E-state index contributed by atoms with van der Waals surface area (Å²) in [5.74, 6) is -0.451. The molecule has 3 rings (SSSR count). The molecule has 0 aliphatic rings. The number of aromatic nitrogens is 3. The summed E-state index contributed by atoms with van der Waals surface area (Å²) in [5.41, 5.74) is 0.327. The van der Waals surface area contributed by atoms with Crippen LogP contribution in [0.2, 0.25) is 5.02 Å². The predicted molar refractivity (Wildman–Crippen MR) is 87.3 cm³/mol. The van der Waals surface area contributed by atoms with Crippen LogP contribution < -0.4 is 10.9 Å². The minimum Gasteiger partial charge on any atom is -0.348 e. The third kappa shape index (κ3) is 3.16. The third-order valence-electron chi connectivity index (χ3n) is 3.33. The lowest BCUT2D eigenvalue weighted by molar-refractivity contribution is 0.0948. The van der Waals surface area contributed by atoms with Gasteiger partial charge in [0.15, 0.2) is 6.29 Å². The molecule has 1 amide bonds. The molecule has 2 aromatic heterocycles. The first-order chi connectivity index (χ1) is 11.6. The first kappa shape index (κ1) is 15.8. The fourth-order valence-corrected chi connectivity index (χ4v) is 2.21. The monoisotopic (exact) mass is 342 g/mol. The Bertz CT molecular complexity index is 983. The number of rotatable bonds is 4. The van der Waals surface area contributed by atoms with Crippen LogP contribution in [0.15, 0.2) is 47.7 Å². The number of nitrogens with one attached hydrogen (secondary N) is 1. The lowest BCUT2D eigenvalue weighted by Crippen LogP contribution is -2.31. The second kappa shape index (κ2) is 6.59. The van der Waals surface area contributed by atoms with E-state index in [2.05, 4.69) is 15.3 Å². The minimum atomic E-state index is -0.593. The van der Waals surface area contributed by atoms with Gasteiger partial charge in [0.05, 0.1) is 0 Å². The summed E-state index contributed by atoms with van der Waals surface area (Å²) < 4.78 is 1.07. The number of amides is 1. The summed E-state index contributed by atoms with van der Waals surface area (Å²) in [6.07, 6.45) is 4.32. The molecule has 7 nitrogen and oxygen atoms in total. The average molecular weight is 343 g/mol. The van der Waals surface area contributed by atoms with E-state index in [1.165, 1.54) is 18.6 Å². The molecule has 0 unspecified atom stereocenters. The van der Waals surface area contributed by atoms with Crippen molar-refractivity contribution in [1.29, 1.82) is 0 Å². The lowest BCUT2D eigenvalue weighted by Gasteiger charge is -2.06. The van der Waals surface area contributed by atoms with Crippen molar-refractivity contribution < 1.29 is 9.59 Å². The molecule has 0 atom stereocenters. The van der Waals surface area contributed by atoms with E-state index in [9.17, 15) is 14.4 Å². The molecule has 0 bridgehead atoms. The first-order valence-corrected chi connectivity index (χ1v) is 7.31. The quantitative estimate of drug-likeness (QED) is 0.725. The minimum absolute atomic E-state index is 0.111. The summed E-state index contributed by atoms with van der Waals surface area (Å²) in [7, 11) is 0. The van der Waals surface area contributed by atoms with Crippen LogP contribution in [-0.4, -0.2) is 26.6 Å². The van der Waals surface area contributed by atoms with Gasteiger partial charge in [-0.05, 0) is 17.7 Å². The van der Waals surface area contributed by atoms with Crippen LogP contribution in [0.1, 0.15) is 26.3 Å². The van der Waals surface area contributed by atoms with Gasteiger partial charge < -0.3 is 5.32 Å². The SMILES string of the molecule is O=Cc1cnc2ncc(C(=O)NCc3ccc(Cl)cc3)c(=O)n2c1. The highest BCUT2D eigenvalue weighted by Gasteiger charge is 2.13. The molecule has 1 aromatic carbocycles. The highest BCUT2D eigenvalue weighted by molar-refractivity contribution is 6.30. The van der Waals surface area contributed by atoms with Crippen LogP contribution in [0, 0.1) is 0 Å². The number of benzene rings is 1. The molecule has 24 heavy (non-hydrogen) atoms. The summed E-state index contributed by atoms with van der Waals surface area (Å²) in [6, 6.07) is 6.97. The second-order valence-electron chi connectivity index (χ2n) is 4.96. The van der Waals surface area contributed by atoms with Crippen molar-refractivity contribution in [3.63, 3.8) is 0 Å². The summed E-state index contributed by atoms with van der Waals surface area (Å²) in [6.45, 7) is 0.241. The maximum absolute atomic E-state index is 12.4. The molecule has 1 N–H and O–H groups in total. The molecular weight excluding hydrogens is 332 g/mol. The number of halogens is 1. The van der Waals surface area contributed by atoms with Crippen molar-refractivity contribution in [2.24, 2.45) is 0 Å². The summed E-state index contributed by atoms with van der Waals surface area (Å²) >= 11 is 5.80. The number of fused-ring (bicyclic) bond motifs is 1. The highest BCUT2D eigenvalue weighted by atomic mass is 35.5. The summed E-state index contributed by atoms with van der Waals surface area (Å²) in [5, 5.41) is 3.24. The van der Waals surface area contributed by atoms with Crippen molar-refractivity contribution in [3.05, 3.63) is 74.9 Å². The van der Waals surface area contributed by atoms with Crippen LogP contribution >= 0.6 is 11.6 Å². The molecule has 2 heterocycles. The van der Waals surface area contributed by atoms with Gasteiger partial charge in [-0.15, -0.1) is 0 Å². The van der Waals surface area contributed by atoms with Gasteiger partial charge in [-0.1, -0.05) is 23.7 Å². The fraction of sp³-hybridized carbons (Fsp3) is 0.0625. The Kier molecular flexibility index (Phi) is 4.35. The van der Waals surface area contributed by atoms with Gasteiger partial charge in [0.2, 0.25) is 5.78 Å². The lowest BCUT2D eigenvalue weighted by atomic mass is 10.2. The number of carbonyl (C=O) groups excluding carboxylic acids is 2. The Morgan fingerprint density at radius 2 is 1.92 bits per heavy atom. The third-order valence-corrected chi connectivity index (χ3v) is 3.58. The van der Waals surface area contributed by atoms with E-state index >= 15 is 0 Å². The molecule has 0 spiro atoms. The molecular formula is C16H11ClN4O3. The summed E-state index contributed by atoms with van der Waals surface area (Å²) in [4.78, 5) is 43.3. The van der Waals surface area contributed by atoms with Gasteiger partial charge >= 0.3 is 0 Å². The van der Waals surface area contributed by atoms with Gasteiger partial charge in [-0.25, -0.2) is 9.97 Å². The molecule has 0 saturated heterocycles. The molecule has 0 aliphatic carbocycles.